The molecule has 0 bridgehead atoms. The molecule has 1 aliphatic carbocycles. The molecule has 16 heavy (non-hydrogen) atoms. The van der Waals surface area contributed by atoms with Crippen LogP contribution in [0, 0.1) is 8.80 Å². The van der Waals surface area contributed by atoms with Crippen LogP contribution in [0.2, 0.25) is 0 Å². The minimum atomic E-state index is 0.0960. The van der Waals surface area contributed by atoms with Gasteiger partial charge in [-0.05, 0) is 60.3 Å². The van der Waals surface area contributed by atoms with Crippen molar-refractivity contribution in [3.8, 4) is 0 Å². The quantitative estimate of drug-likeness (QED) is 0.812. The van der Waals surface area contributed by atoms with E-state index in [1.165, 1.54) is 15.7 Å². The van der Waals surface area contributed by atoms with Gasteiger partial charge in [0, 0.05) is 11.4 Å². The molecular weight excluding hydrogens is 333 g/mol. The number of hydrogen-bond acceptors (Lipinski definition) is 2. The zero-order chi connectivity index (χ0) is 11.5. The van der Waals surface area contributed by atoms with E-state index < -0.39 is 0 Å². The van der Waals surface area contributed by atoms with E-state index in [-0.39, 0.29) is 5.91 Å². The van der Waals surface area contributed by atoms with Crippen LogP contribution < -0.4 is 5.32 Å². The highest BCUT2D eigenvalue weighted by Gasteiger charge is 2.20. The molecule has 1 amide bonds. The zero-order valence-electron chi connectivity index (χ0n) is 9.33. The summed E-state index contributed by atoms with van der Waals surface area (Å²) in [4.78, 5) is 11.9. The molecule has 1 aliphatic rings. The molecular formula is C12H16INOS. The predicted octanol–water partition coefficient (Wildman–Crippen LogP) is 3.66. The molecule has 0 aromatic carbocycles. The van der Waals surface area contributed by atoms with Crippen LogP contribution in [0.1, 0.15) is 43.0 Å². The molecule has 2 nitrogen and oxygen atoms in total. The van der Waals surface area contributed by atoms with Gasteiger partial charge in [0.15, 0.2) is 0 Å². The van der Waals surface area contributed by atoms with E-state index in [1.54, 1.807) is 11.3 Å². The molecule has 1 fully saturated rings. The summed E-state index contributed by atoms with van der Waals surface area (Å²) >= 11 is 3.87. The lowest BCUT2D eigenvalue weighted by Crippen LogP contribution is -2.37. The van der Waals surface area contributed by atoms with Crippen LogP contribution in [0.5, 0.6) is 0 Å². The second kappa shape index (κ2) is 5.49. The van der Waals surface area contributed by atoms with Crippen LogP contribution >= 0.6 is 33.9 Å². The highest BCUT2D eigenvalue weighted by molar-refractivity contribution is 14.1. The Bertz CT molecular complexity index is 369. The van der Waals surface area contributed by atoms with Crippen LogP contribution in [-0.4, -0.2) is 11.9 Å². The average molecular weight is 349 g/mol. The fourth-order valence-electron chi connectivity index (χ4n) is 2.10. The lowest BCUT2D eigenvalue weighted by Gasteiger charge is -2.26. The van der Waals surface area contributed by atoms with Gasteiger partial charge in [-0.3, -0.25) is 4.79 Å². The van der Waals surface area contributed by atoms with Crippen molar-refractivity contribution in [2.45, 2.75) is 38.6 Å². The average Bonchev–Trinajstić information content (AvgIpc) is 2.68. The molecule has 1 aromatic rings. The number of carbonyl (C=O) groups is 1. The number of rotatable bonds is 2. The van der Waals surface area contributed by atoms with Crippen molar-refractivity contribution >= 4 is 39.8 Å². The van der Waals surface area contributed by atoms with Crippen molar-refractivity contribution in [1.29, 1.82) is 0 Å². The standard InChI is InChI=1S/C12H16INOS/c1-8-2-4-10(5-3-8)14-12(15)9-6-11(13)16-7-9/h6-8,10H,2-5H2,1H3,(H,14,15). The minimum absolute atomic E-state index is 0.0960. The number of hydrogen-bond donors (Lipinski definition) is 1. The molecule has 0 atom stereocenters. The van der Waals surface area contributed by atoms with Gasteiger partial charge >= 0.3 is 0 Å². The van der Waals surface area contributed by atoms with Crippen LogP contribution in [0.4, 0.5) is 0 Å². The summed E-state index contributed by atoms with van der Waals surface area (Å²) < 4.78 is 1.17. The van der Waals surface area contributed by atoms with Gasteiger partial charge in [0.05, 0.1) is 8.45 Å². The second-order valence-corrected chi connectivity index (χ2v) is 7.38. The van der Waals surface area contributed by atoms with E-state index >= 15 is 0 Å². The molecule has 4 heteroatoms. The number of thiophene rings is 1. The normalized spacial score (nSPS) is 25.4. The van der Waals surface area contributed by atoms with Crippen molar-refractivity contribution in [3.63, 3.8) is 0 Å². The van der Waals surface area contributed by atoms with Gasteiger partial charge in [0.25, 0.3) is 5.91 Å². The summed E-state index contributed by atoms with van der Waals surface area (Å²) in [6, 6.07) is 2.34. The first-order valence-corrected chi connectivity index (χ1v) is 7.66. The summed E-state index contributed by atoms with van der Waals surface area (Å²) in [5.74, 6) is 0.925. The van der Waals surface area contributed by atoms with Crippen molar-refractivity contribution in [3.05, 3.63) is 19.9 Å². The Hall–Kier alpha value is -0.100. The fourth-order valence-corrected chi connectivity index (χ4v) is 3.43. The molecule has 1 saturated carbocycles. The molecule has 1 N–H and O–H groups in total. The molecule has 0 aliphatic heterocycles. The Balaban J connectivity index is 1.88. The maximum Gasteiger partial charge on any atom is 0.252 e. The number of carbonyl (C=O) groups excluding carboxylic acids is 1. The van der Waals surface area contributed by atoms with E-state index in [9.17, 15) is 4.79 Å². The van der Waals surface area contributed by atoms with E-state index in [2.05, 4.69) is 34.8 Å². The first kappa shape index (κ1) is 12.4. The Morgan fingerprint density at radius 3 is 2.69 bits per heavy atom. The Morgan fingerprint density at radius 1 is 1.44 bits per heavy atom. The molecule has 0 unspecified atom stereocenters. The summed E-state index contributed by atoms with van der Waals surface area (Å²) in [5, 5.41) is 5.07. The summed E-state index contributed by atoms with van der Waals surface area (Å²) in [7, 11) is 0. The second-order valence-electron chi connectivity index (χ2n) is 4.57. The van der Waals surface area contributed by atoms with E-state index in [0.717, 1.165) is 24.3 Å². The summed E-state index contributed by atoms with van der Waals surface area (Å²) in [5.41, 5.74) is 0.813. The number of nitrogens with one attached hydrogen (secondary N) is 1. The van der Waals surface area contributed by atoms with Crippen LogP contribution in [-0.2, 0) is 0 Å². The molecule has 0 radical (unpaired) electrons. The third kappa shape index (κ3) is 3.20. The van der Waals surface area contributed by atoms with Gasteiger partial charge in [-0.1, -0.05) is 6.92 Å². The van der Waals surface area contributed by atoms with Gasteiger partial charge in [0.2, 0.25) is 0 Å². The number of amides is 1. The Kier molecular flexibility index (Phi) is 4.24. The summed E-state index contributed by atoms with van der Waals surface area (Å²) in [6.07, 6.45) is 4.75. The highest BCUT2D eigenvalue weighted by atomic mass is 127. The van der Waals surface area contributed by atoms with Gasteiger partial charge in [-0.25, -0.2) is 0 Å². The van der Waals surface area contributed by atoms with Gasteiger partial charge in [0.1, 0.15) is 0 Å². The minimum Gasteiger partial charge on any atom is -0.349 e. The molecule has 1 aromatic heterocycles. The smallest absolute Gasteiger partial charge is 0.252 e. The molecule has 2 rings (SSSR count). The molecule has 0 saturated heterocycles. The molecule has 88 valence electrons. The highest BCUT2D eigenvalue weighted by Crippen LogP contribution is 2.24. The third-order valence-electron chi connectivity index (χ3n) is 3.18. The first-order chi connectivity index (χ1) is 7.65. The first-order valence-electron chi connectivity index (χ1n) is 5.70. The van der Waals surface area contributed by atoms with Crippen LogP contribution in [0.3, 0.4) is 0 Å². The van der Waals surface area contributed by atoms with Crippen LogP contribution in [0.25, 0.3) is 0 Å². The summed E-state index contributed by atoms with van der Waals surface area (Å²) in [6.45, 7) is 2.29. The van der Waals surface area contributed by atoms with E-state index in [1.807, 2.05) is 11.4 Å². The van der Waals surface area contributed by atoms with E-state index in [0.29, 0.717) is 6.04 Å². The van der Waals surface area contributed by atoms with Crippen molar-refractivity contribution < 1.29 is 4.79 Å². The Labute approximate surface area is 114 Å². The topological polar surface area (TPSA) is 29.1 Å². The lowest BCUT2D eigenvalue weighted by molar-refractivity contribution is 0.0923. The SMILES string of the molecule is CC1CCC(NC(=O)c2csc(I)c2)CC1. The predicted molar refractivity (Wildman–Crippen MR) is 75.9 cm³/mol. The zero-order valence-corrected chi connectivity index (χ0v) is 12.3. The maximum absolute atomic E-state index is 11.9. The number of halogens is 1. The Morgan fingerprint density at radius 2 is 2.12 bits per heavy atom. The molecule has 0 spiro atoms. The third-order valence-corrected chi connectivity index (χ3v) is 4.97. The largest absolute Gasteiger partial charge is 0.349 e. The van der Waals surface area contributed by atoms with Gasteiger partial charge in [-0.2, -0.15) is 0 Å². The monoisotopic (exact) mass is 349 g/mol. The maximum atomic E-state index is 11.9. The van der Waals surface area contributed by atoms with Crippen molar-refractivity contribution in [2.75, 3.05) is 0 Å². The van der Waals surface area contributed by atoms with Gasteiger partial charge in [-0.15, -0.1) is 11.3 Å². The van der Waals surface area contributed by atoms with Gasteiger partial charge < -0.3 is 5.32 Å². The van der Waals surface area contributed by atoms with E-state index in [4.69, 9.17) is 0 Å². The molecule has 1 heterocycles. The van der Waals surface area contributed by atoms with Crippen molar-refractivity contribution in [2.24, 2.45) is 5.92 Å². The fraction of sp³-hybridized carbons (Fsp3) is 0.583. The lowest BCUT2D eigenvalue weighted by atomic mass is 9.87. The van der Waals surface area contributed by atoms with Crippen LogP contribution in [0.15, 0.2) is 11.4 Å². The van der Waals surface area contributed by atoms with Crippen molar-refractivity contribution in [1.82, 2.24) is 5.32 Å².